The molecule has 4 rings (SSSR count). The van der Waals surface area contributed by atoms with Crippen LogP contribution in [0.25, 0.3) is 10.9 Å². The first-order valence-corrected chi connectivity index (χ1v) is 7.08. The van der Waals surface area contributed by atoms with Gasteiger partial charge in [0.05, 0.1) is 21.7 Å². The highest BCUT2D eigenvalue weighted by Crippen LogP contribution is 2.41. The van der Waals surface area contributed by atoms with Crippen molar-refractivity contribution in [2.24, 2.45) is 0 Å². The van der Waals surface area contributed by atoms with E-state index < -0.39 is 0 Å². The molecule has 2 nitrogen and oxygen atoms in total. The summed E-state index contributed by atoms with van der Waals surface area (Å²) in [5.74, 6) is 0.717. The van der Waals surface area contributed by atoms with Crippen LogP contribution >= 0.6 is 16.1 Å². The zero-order chi connectivity index (χ0) is 11.4. The number of piperidine rings is 1. The predicted molar refractivity (Wildman–Crippen MR) is 73.7 cm³/mol. The summed E-state index contributed by atoms with van der Waals surface area (Å²) >= 11 is 3.62. The lowest BCUT2D eigenvalue weighted by molar-refractivity contribution is 0.345. The van der Waals surface area contributed by atoms with Crippen LogP contribution in [0.5, 0.6) is 0 Å². The lowest BCUT2D eigenvalue weighted by Gasteiger charge is -2.36. The number of rotatable bonds is 0. The molecule has 1 aromatic heterocycles. The Morgan fingerprint density at radius 2 is 2.29 bits per heavy atom. The number of fused-ring (bicyclic) bond motifs is 2. The molecule has 2 aromatic rings. The third-order valence-electron chi connectivity index (χ3n) is 4.32. The molecule has 1 aliphatic heterocycles. The summed E-state index contributed by atoms with van der Waals surface area (Å²) in [6.45, 7) is 1.18. The van der Waals surface area contributed by atoms with E-state index in [0.29, 0.717) is 6.04 Å². The van der Waals surface area contributed by atoms with Gasteiger partial charge in [0, 0.05) is 23.5 Å². The summed E-state index contributed by atoms with van der Waals surface area (Å²) in [4.78, 5) is 0. The Bertz CT molecular complexity index is 587. The molecule has 3 heteroatoms. The van der Waals surface area contributed by atoms with Crippen LogP contribution < -0.4 is 5.32 Å². The molecule has 17 heavy (non-hydrogen) atoms. The number of hydrogen-bond donors (Lipinski definition) is 1. The largest absolute Gasteiger partial charge is 0.313 e. The fourth-order valence-electron chi connectivity index (χ4n) is 3.60. The summed E-state index contributed by atoms with van der Waals surface area (Å²) in [7, 11) is 0. The maximum absolute atomic E-state index is 3.69. The molecule has 1 aliphatic carbocycles. The van der Waals surface area contributed by atoms with Crippen molar-refractivity contribution in [3.63, 3.8) is 0 Å². The molecule has 2 aliphatic rings. The van der Waals surface area contributed by atoms with E-state index >= 15 is 0 Å². The first kappa shape index (κ1) is 10.2. The van der Waals surface area contributed by atoms with E-state index in [1.807, 2.05) is 0 Å². The molecule has 0 bridgehead atoms. The molecule has 1 fully saturated rings. The number of nitrogens with one attached hydrogen (secondary N) is 1. The van der Waals surface area contributed by atoms with Gasteiger partial charge < -0.3 is 5.32 Å². The molecular formula is C14H15BrN2. The second-order valence-electron chi connectivity index (χ2n) is 5.22. The zero-order valence-electron chi connectivity index (χ0n) is 9.62. The van der Waals surface area contributed by atoms with Gasteiger partial charge in [-0.3, -0.25) is 3.59 Å². The Kier molecular flexibility index (Phi) is 2.15. The van der Waals surface area contributed by atoms with Crippen molar-refractivity contribution < 1.29 is 0 Å². The van der Waals surface area contributed by atoms with Gasteiger partial charge in [0.1, 0.15) is 0 Å². The third kappa shape index (κ3) is 1.36. The minimum absolute atomic E-state index is 0.650. The SMILES string of the molecule is Brn1cc2c3c(cccc31)[C@H]1CCCN[C@@H]1C2. The Morgan fingerprint density at radius 1 is 1.35 bits per heavy atom. The number of hydrogen-bond acceptors (Lipinski definition) is 1. The van der Waals surface area contributed by atoms with Crippen molar-refractivity contribution in [2.45, 2.75) is 31.2 Å². The molecule has 0 radical (unpaired) electrons. The Balaban J connectivity index is 2.00. The van der Waals surface area contributed by atoms with Crippen molar-refractivity contribution in [1.29, 1.82) is 0 Å². The number of nitrogens with zero attached hydrogens (tertiary/aromatic N) is 1. The van der Waals surface area contributed by atoms with Gasteiger partial charge in [-0.05, 0) is 43.0 Å². The fraction of sp³-hybridized carbons (Fsp3) is 0.429. The summed E-state index contributed by atoms with van der Waals surface area (Å²) in [5, 5.41) is 5.18. The van der Waals surface area contributed by atoms with Gasteiger partial charge in [-0.25, -0.2) is 0 Å². The van der Waals surface area contributed by atoms with Gasteiger partial charge in [0.25, 0.3) is 0 Å². The first-order valence-electron chi connectivity index (χ1n) is 6.37. The van der Waals surface area contributed by atoms with Gasteiger partial charge >= 0.3 is 0 Å². The minimum atomic E-state index is 0.650. The quantitative estimate of drug-likeness (QED) is 0.789. The third-order valence-corrected chi connectivity index (χ3v) is 4.91. The second-order valence-corrected chi connectivity index (χ2v) is 5.98. The average Bonchev–Trinajstić information content (AvgIpc) is 2.68. The van der Waals surface area contributed by atoms with E-state index in [2.05, 4.69) is 49.5 Å². The molecule has 0 amide bonds. The summed E-state index contributed by atoms with van der Waals surface area (Å²) in [5.41, 5.74) is 4.36. The smallest absolute Gasteiger partial charge is 0.0597 e. The molecule has 0 unspecified atom stereocenters. The zero-order valence-corrected chi connectivity index (χ0v) is 11.2. The lowest BCUT2D eigenvalue weighted by Crippen LogP contribution is -2.43. The molecule has 2 heterocycles. The van der Waals surface area contributed by atoms with E-state index in [1.54, 1.807) is 5.56 Å². The van der Waals surface area contributed by atoms with Crippen LogP contribution in [0, 0.1) is 0 Å². The van der Waals surface area contributed by atoms with Crippen LogP contribution in [0.3, 0.4) is 0 Å². The molecule has 0 saturated carbocycles. The fourth-order valence-corrected chi connectivity index (χ4v) is 4.14. The van der Waals surface area contributed by atoms with Gasteiger partial charge in [-0.1, -0.05) is 12.1 Å². The van der Waals surface area contributed by atoms with Crippen LogP contribution in [0.1, 0.15) is 29.9 Å². The number of halogens is 1. The highest BCUT2D eigenvalue weighted by molar-refractivity contribution is 9.08. The Hall–Kier alpha value is -0.800. The monoisotopic (exact) mass is 290 g/mol. The molecule has 1 saturated heterocycles. The van der Waals surface area contributed by atoms with E-state index in [-0.39, 0.29) is 0 Å². The molecule has 0 spiro atoms. The topological polar surface area (TPSA) is 17.0 Å². The van der Waals surface area contributed by atoms with Gasteiger partial charge in [0.2, 0.25) is 0 Å². The van der Waals surface area contributed by atoms with Gasteiger partial charge in [-0.2, -0.15) is 0 Å². The van der Waals surface area contributed by atoms with E-state index in [0.717, 1.165) is 5.92 Å². The average molecular weight is 291 g/mol. The van der Waals surface area contributed by atoms with E-state index in [1.165, 1.54) is 42.3 Å². The molecule has 1 N–H and O–H groups in total. The summed E-state index contributed by atoms with van der Waals surface area (Å²) < 4.78 is 2.10. The Morgan fingerprint density at radius 3 is 3.24 bits per heavy atom. The van der Waals surface area contributed by atoms with E-state index in [9.17, 15) is 0 Å². The van der Waals surface area contributed by atoms with Crippen LogP contribution in [-0.4, -0.2) is 16.2 Å². The van der Waals surface area contributed by atoms with Gasteiger partial charge in [0.15, 0.2) is 0 Å². The maximum Gasteiger partial charge on any atom is 0.0597 e. The molecule has 1 aromatic carbocycles. The van der Waals surface area contributed by atoms with Crippen LogP contribution in [0.4, 0.5) is 0 Å². The van der Waals surface area contributed by atoms with Crippen molar-refractivity contribution >= 4 is 27.1 Å². The lowest BCUT2D eigenvalue weighted by atomic mass is 9.76. The first-order chi connectivity index (χ1) is 8.34. The second kappa shape index (κ2) is 3.59. The van der Waals surface area contributed by atoms with Crippen LogP contribution in [0.2, 0.25) is 0 Å². The minimum Gasteiger partial charge on any atom is -0.313 e. The predicted octanol–water partition coefficient (Wildman–Crippen LogP) is 3.19. The molecule has 88 valence electrons. The Labute approximate surface area is 109 Å². The number of benzene rings is 1. The maximum atomic E-state index is 3.69. The summed E-state index contributed by atoms with van der Waals surface area (Å²) in [6, 6.07) is 7.36. The molecular weight excluding hydrogens is 276 g/mol. The van der Waals surface area contributed by atoms with Gasteiger partial charge in [-0.15, -0.1) is 0 Å². The van der Waals surface area contributed by atoms with E-state index in [4.69, 9.17) is 0 Å². The normalized spacial score (nSPS) is 27.1. The highest BCUT2D eigenvalue weighted by atomic mass is 79.9. The standard InChI is InChI=1S/C14H15BrN2/c15-17-8-9-7-12-10(4-2-6-16-12)11-3-1-5-13(17)14(9)11/h1,3,5,8,10,12,16H,2,4,6-7H2/t10-,12-/m1/s1. The van der Waals surface area contributed by atoms with Crippen molar-refractivity contribution in [3.8, 4) is 0 Å². The van der Waals surface area contributed by atoms with Crippen molar-refractivity contribution in [2.75, 3.05) is 6.54 Å². The van der Waals surface area contributed by atoms with Crippen LogP contribution in [-0.2, 0) is 6.42 Å². The van der Waals surface area contributed by atoms with Crippen molar-refractivity contribution in [3.05, 3.63) is 35.5 Å². The van der Waals surface area contributed by atoms with Crippen molar-refractivity contribution in [1.82, 2.24) is 8.91 Å². The van der Waals surface area contributed by atoms with Crippen LogP contribution in [0.15, 0.2) is 24.4 Å². The summed E-state index contributed by atoms with van der Waals surface area (Å²) in [6.07, 6.45) is 6.06. The molecule has 2 atom stereocenters. The highest BCUT2D eigenvalue weighted by Gasteiger charge is 2.33. The number of aromatic nitrogens is 1.